The van der Waals surface area contributed by atoms with E-state index >= 15 is 0 Å². The number of carbonyl (C=O) groups excluding carboxylic acids is 2. The van der Waals surface area contributed by atoms with E-state index in [1.165, 1.54) is 17.1 Å². The molecule has 0 radical (unpaired) electrons. The van der Waals surface area contributed by atoms with Crippen LogP contribution in [0.4, 0.5) is 4.79 Å². The Kier molecular flexibility index (Phi) is 5.80. The molecule has 1 aliphatic heterocycles. The topological polar surface area (TPSA) is 59.1 Å². The van der Waals surface area contributed by atoms with Gasteiger partial charge in [-0.05, 0) is 33.6 Å². The first-order valence-electron chi connectivity index (χ1n) is 7.07. The van der Waals surface area contributed by atoms with Crippen LogP contribution < -0.4 is 0 Å². The van der Waals surface area contributed by atoms with E-state index in [9.17, 15) is 9.59 Å². The summed E-state index contributed by atoms with van der Waals surface area (Å²) in [5, 5.41) is 1.17. The third-order valence-corrected chi connectivity index (χ3v) is 3.25. The molecule has 0 spiro atoms. The summed E-state index contributed by atoms with van der Waals surface area (Å²) in [5.74, 6) is -0.208. The molecule has 1 aliphatic rings. The SMILES string of the molecule is CON(C)C(=O)C1CCCCCN1C(=O)OC(C)(C)C. The fraction of sp³-hybridized carbons (Fsp3) is 0.857. The second-order valence-corrected chi connectivity index (χ2v) is 6.06. The minimum Gasteiger partial charge on any atom is -0.444 e. The van der Waals surface area contributed by atoms with Gasteiger partial charge < -0.3 is 4.74 Å². The Morgan fingerprint density at radius 3 is 2.40 bits per heavy atom. The molecule has 0 aromatic rings. The first-order chi connectivity index (χ1) is 9.26. The number of likely N-dealkylation sites (N-methyl/N-ethyl adjacent to an activating group) is 1. The van der Waals surface area contributed by atoms with E-state index in [-0.39, 0.29) is 5.91 Å². The molecule has 2 amide bonds. The molecule has 0 aromatic heterocycles. The third kappa shape index (κ3) is 4.67. The highest BCUT2D eigenvalue weighted by atomic mass is 16.7. The fourth-order valence-corrected chi connectivity index (χ4v) is 2.20. The number of hydrogen-bond donors (Lipinski definition) is 0. The van der Waals surface area contributed by atoms with Crippen LogP contribution in [0, 0.1) is 0 Å². The normalized spacial score (nSPS) is 20.2. The van der Waals surface area contributed by atoms with Crippen LogP contribution in [0.15, 0.2) is 0 Å². The van der Waals surface area contributed by atoms with Gasteiger partial charge in [0.05, 0.1) is 7.11 Å². The molecule has 1 unspecified atom stereocenters. The van der Waals surface area contributed by atoms with Crippen molar-refractivity contribution in [3.63, 3.8) is 0 Å². The van der Waals surface area contributed by atoms with Crippen molar-refractivity contribution in [2.24, 2.45) is 0 Å². The molecule has 6 nitrogen and oxygen atoms in total. The summed E-state index contributed by atoms with van der Waals surface area (Å²) in [4.78, 5) is 31.1. The number of carbonyl (C=O) groups is 2. The minimum atomic E-state index is -0.565. The zero-order valence-corrected chi connectivity index (χ0v) is 13.1. The molecule has 1 fully saturated rings. The highest BCUT2D eigenvalue weighted by Gasteiger charge is 2.35. The van der Waals surface area contributed by atoms with Gasteiger partial charge in [0, 0.05) is 13.6 Å². The molecule has 0 aromatic carbocycles. The van der Waals surface area contributed by atoms with Gasteiger partial charge in [-0.1, -0.05) is 12.8 Å². The molecule has 0 N–H and O–H groups in total. The second kappa shape index (κ2) is 6.92. The second-order valence-electron chi connectivity index (χ2n) is 6.06. The summed E-state index contributed by atoms with van der Waals surface area (Å²) in [6.07, 6.45) is 3.04. The predicted octanol–water partition coefficient (Wildman–Crippen LogP) is 2.19. The lowest BCUT2D eigenvalue weighted by Gasteiger charge is -2.32. The Morgan fingerprint density at radius 1 is 1.20 bits per heavy atom. The standard InChI is InChI=1S/C14H26N2O4/c1-14(2,3)20-13(18)16-10-8-6-7-9-11(16)12(17)15(4)19-5/h11H,6-10H2,1-5H3. The van der Waals surface area contributed by atoms with E-state index in [0.29, 0.717) is 13.0 Å². The summed E-state index contributed by atoms with van der Waals surface area (Å²) in [6.45, 7) is 6.01. The highest BCUT2D eigenvalue weighted by molar-refractivity contribution is 5.85. The maximum atomic E-state index is 12.3. The molecule has 1 atom stereocenters. The van der Waals surface area contributed by atoms with Crippen LogP contribution in [0.1, 0.15) is 46.5 Å². The maximum absolute atomic E-state index is 12.3. The lowest BCUT2D eigenvalue weighted by Crippen LogP contribution is -2.50. The van der Waals surface area contributed by atoms with Gasteiger partial charge in [0.1, 0.15) is 11.6 Å². The van der Waals surface area contributed by atoms with Crippen LogP contribution in [-0.4, -0.2) is 54.3 Å². The average Bonchev–Trinajstić information content (AvgIpc) is 2.60. The molecule has 1 saturated heterocycles. The van der Waals surface area contributed by atoms with E-state index in [2.05, 4.69) is 0 Å². The van der Waals surface area contributed by atoms with Crippen LogP contribution in [0.5, 0.6) is 0 Å². The Labute approximate surface area is 121 Å². The summed E-state index contributed by atoms with van der Waals surface area (Å²) in [7, 11) is 2.99. The van der Waals surface area contributed by atoms with Gasteiger partial charge in [-0.25, -0.2) is 9.86 Å². The third-order valence-electron chi connectivity index (χ3n) is 3.25. The number of hydrogen-bond acceptors (Lipinski definition) is 4. The average molecular weight is 286 g/mol. The van der Waals surface area contributed by atoms with E-state index in [1.807, 2.05) is 20.8 Å². The zero-order valence-electron chi connectivity index (χ0n) is 13.1. The van der Waals surface area contributed by atoms with E-state index < -0.39 is 17.7 Å². The van der Waals surface area contributed by atoms with Gasteiger partial charge in [0.15, 0.2) is 0 Å². The largest absolute Gasteiger partial charge is 0.444 e. The Bertz CT molecular complexity index is 352. The van der Waals surface area contributed by atoms with Gasteiger partial charge in [0.25, 0.3) is 5.91 Å². The molecule has 0 saturated carbocycles. The minimum absolute atomic E-state index is 0.208. The van der Waals surface area contributed by atoms with Gasteiger partial charge in [0.2, 0.25) is 0 Å². The molecular formula is C14H26N2O4. The number of nitrogens with zero attached hydrogens (tertiary/aromatic N) is 2. The van der Waals surface area contributed by atoms with Crippen LogP contribution in [0.3, 0.4) is 0 Å². The smallest absolute Gasteiger partial charge is 0.410 e. The van der Waals surface area contributed by atoms with Crippen LogP contribution in [-0.2, 0) is 14.4 Å². The summed E-state index contributed by atoms with van der Waals surface area (Å²) < 4.78 is 5.40. The van der Waals surface area contributed by atoms with Crippen molar-refractivity contribution >= 4 is 12.0 Å². The molecule has 0 aliphatic carbocycles. The number of rotatable bonds is 2. The molecule has 1 heterocycles. The van der Waals surface area contributed by atoms with Crippen molar-refractivity contribution in [2.75, 3.05) is 20.7 Å². The van der Waals surface area contributed by atoms with Crippen molar-refractivity contribution in [3.05, 3.63) is 0 Å². The van der Waals surface area contributed by atoms with Crippen LogP contribution >= 0.6 is 0 Å². The fourth-order valence-electron chi connectivity index (χ4n) is 2.20. The van der Waals surface area contributed by atoms with Gasteiger partial charge in [-0.15, -0.1) is 0 Å². The van der Waals surface area contributed by atoms with Crippen LogP contribution in [0.25, 0.3) is 0 Å². The van der Waals surface area contributed by atoms with Crippen molar-refractivity contribution in [1.82, 2.24) is 9.96 Å². The number of hydroxylamine groups is 2. The molecule has 1 rings (SSSR count). The lowest BCUT2D eigenvalue weighted by atomic mass is 10.1. The molecule has 116 valence electrons. The highest BCUT2D eigenvalue weighted by Crippen LogP contribution is 2.21. The zero-order chi connectivity index (χ0) is 15.3. The van der Waals surface area contributed by atoms with Crippen molar-refractivity contribution < 1.29 is 19.2 Å². The molecular weight excluding hydrogens is 260 g/mol. The molecule has 20 heavy (non-hydrogen) atoms. The molecule has 6 heteroatoms. The van der Waals surface area contributed by atoms with E-state index in [4.69, 9.17) is 9.57 Å². The monoisotopic (exact) mass is 286 g/mol. The predicted molar refractivity (Wildman–Crippen MR) is 75.0 cm³/mol. The molecule has 0 bridgehead atoms. The number of ether oxygens (including phenoxy) is 1. The van der Waals surface area contributed by atoms with Crippen molar-refractivity contribution in [2.45, 2.75) is 58.1 Å². The maximum Gasteiger partial charge on any atom is 0.410 e. The van der Waals surface area contributed by atoms with Crippen molar-refractivity contribution in [1.29, 1.82) is 0 Å². The van der Waals surface area contributed by atoms with Crippen molar-refractivity contribution in [3.8, 4) is 0 Å². The van der Waals surface area contributed by atoms with Crippen LogP contribution in [0.2, 0.25) is 0 Å². The first-order valence-corrected chi connectivity index (χ1v) is 7.07. The Hall–Kier alpha value is -1.30. The quantitative estimate of drug-likeness (QED) is 0.730. The van der Waals surface area contributed by atoms with Gasteiger partial charge in [-0.2, -0.15) is 0 Å². The van der Waals surface area contributed by atoms with E-state index in [0.717, 1.165) is 19.3 Å². The summed E-state index contributed by atoms with van der Waals surface area (Å²) >= 11 is 0. The Morgan fingerprint density at radius 2 is 1.85 bits per heavy atom. The Balaban J connectivity index is 2.86. The first kappa shape index (κ1) is 16.8. The summed E-state index contributed by atoms with van der Waals surface area (Å²) in [6, 6.07) is -0.503. The summed E-state index contributed by atoms with van der Waals surface area (Å²) in [5.41, 5.74) is -0.565. The van der Waals surface area contributed by atoms with Gasteiger partial charge in [-0.3, -0.25) is 14.5 Å². The lowest BCUT2D eigenvalue weighted by molar-refractivity contribution is -0.174. The number of likely N-dealkylation sites (tertiary alicyclic amines) is 1. The van der Waals surface area contributed by atoms with Gasteiger partial charge >= 0.3 is 6.09 Å². The van der Waals surface area contributed by atoms with E-state index in [1.54, 1.807) is 7.05 Å². The number of amides is 2.